The zero-order valence-corrected chi connectivity index (χ0v) is 13.8. The first kappa shape index (κ1) is 15.0. The molecule has 104 valence electrons. The monoisotopic (exact) mass is 380 g/mol. The summed E-state index contributed by atoms with van der Waals surface area (Å²) in [5.41, 5.74) is 2.62. The highest BCUT2D eigenvalue weighted by molar-refractivity contribution is 14.1. The fourth-order valence-corrected chi connectivity index (χ4v) is 2.34. The second kappa shape index (κ2) is 6.83. The fraction of sp³-hybridized carbons (Fsp3) is 0.250. The Bertz CT molecular complexity index is 596. The van der Waals surface area contributed by atoms with Crippen LogP contribution >= 0.6 is 22.6 Å². The first-order chi connectivity index (χ1) is 9.60. The number of benzene rings is 1. The van der Waals surface area contributed by atoms with Crippen LogP contribution in [0.4, 0.5) is 0 Å². The van der Waals surface area contributed by atoms with Crippen LogP contribution in [0, 0.1) is 10.5 Å². The van der Waals surface area contributed by atoms with Crippen molar-refractivity contribution in [1.29, 1.82) is 0 Å². The SMILES string of the molecule is CCN(Cc1cccc(C)n1)C(=O)c1ccc(I)cc1. The molecule has 0 aliphatic carbocycles. The third kappa shape index (κ3) is 3.79. The van der Waals surface area contributed by atoms with Gasteiger partial charge in [0, 0.05) is 21.4 Å². The van der Waals surface area contributed by atoms with E-state index in [0.29, 0.717) is 13.1 Å². The average molecular weight is 380 g/mol. The van der Waals surface area contributed by atoms with E-state index in [9.17, 15) is 4.79 Å². The summed E-state index contributed by atoms with van der Waals surface area (Å²) in [6.07, 6.45) is 0. The summed E-state index contributed by atoms with van der Waals surface area (Å²) in [4.78, 5) is 18.7. The van der Waals surface area contributed by atoms with E-state index >= 15 is 0 Å². The number of hydrogen-bond donors (Lipinski definition) is 0. The predicted octanol–water partition coefficient (Wildman–Crippen LogP) is 3.66. The van der Waals surface area contributed by atoms with E-state index in [1.54, 1.807) is 0 Å². The number of amides is 1. The summed E-state index contributed by atoms with van der Waals surface area (Å²) in [7, 11) is 0. The molecular formula is C16H17IN2O. The highest BCUT2D eigenvalue weighted by Gasteiger charge is 2.14. The van der Waals surface area contributed by atoms with Gasteiger partial charge in [-0.05, 0) is 72.8 Å². The van der Waals surface area contributed by atoms with Gasteiger partial charge in [0.05, 0.1) is 12.2 Å². The lowest BCUT2D eigenvalue weighted by atomic mass is 10.2. The van der Waals surface area contributed by atoms with Crippen LogP contribution < -0.4 is 0 Å². The minimum absolute atomic E-state index is 0.0483. The van der Waals surface area contributed by atoms with Crippen molar-refractivity contribution in [2.75, 3.05) is 6.54 Å². The Kier molecular flexibility index (Phi) is 5.11. The Balaban J connectivity index is 2.15. The quantitative estimate of drug-likeness (QED) is 0.759. The molecule has 0 bridgehead atoms. The molecule has 0 aliphatic heterocycles. The van der Waals surface area contributed by atoms with Gasteiger partial charge in [0.15, 0.2) is 0 Å². The smallest absolute Gasteiger partial charge is 0.254 e. The molecule has 0 unspecified atom stereocenters. The van der Waals surface area contributed by atoms with Gasteiger partial charge >= 0.3 is 0 Å². The molecule has 4 heteroatoms. The molecule has 0 saturated carbocycles. The lowest BCUT2D eigenvalue weighted by molar-refractivity contribution is 0.0750. The molecule has 0 N–H and O–H groups in total. The van der Waals surface area contributed by atoms with Gasteiger partial charge in [-0.2, -0.15) is 0 Å². The van der Waals surface area contributed by atoms with Gasteiger partial charge < -0.3 is 4.90 Å². The molecule has 20 heavy (non-hydrogen) atoms. The highest BCUT2D eigenvalue weighted by Crippen LogP contribution is 2.11. The largest absolute Gasteiger partial charge is 0.333 e. The minimum Gasteiger partial charge on any atom is -0.333 e. The molecule has 0 atom stereocenters. The van der Waals surface area contributed by atoms with Gasteiger partial charge in [0.1, 0.15) is 0 Å². The van der Waals surface area contributed by atoms with Crippen LogP contribution in [0.25, 0.3) is 0 Å². The van der Waals surface area contributed by atoms with Crippen molar-refractivity contribution in [2.45, 2.75) is 20.4 Å². The van der Waals surface area contributed by atoms with Crippen LogP contribution in [-0.4, -0.2) is 22.3 Å². The molecule has 0 saturated heterocycles. The molecule has 0 fully saturated rings. The van der Waals surface area contributed by atoms with Crippen LogP contribution in [-0.2, 0) is 6.54 Å². The Hall–Kier alpha value is -1.43. The maximum absolute atomic E-state index is 12.5. The van der Waals surface area contributed by atoms with E-state index in [2.05, 4.69) is 27.6 Å². The first-order valence-electron chi connectivity index (χ1n) is 6.57. The average Bonchev–Trinajstić information content (AvgIpc) is 2.45. The molecule has 0 aliphatic rings. The van der Waals surface area contributed by atoms with Crippen LogP contribution in [0.3, 0.4) is 0 Å². The van der Waals surface area contributed by atoms with E-state index in [1.165, 1.54) is 0 Å². The molecule has 2 aromatic rings. The third-order valence-electron chi connectivity index (χ3n) is 3.06. The molecule has 1 aromatic carbocycles. The molecule has 1 aromatic heterocycles. The summed E-state index contributed by atoms with van der Waals surface area (Å²) in [6, 6.07) is 13.5. The first-order valence-corrected chi connectivity index (χ1v) is 7.65. The normalized spacial score (nSPS) is 10.3. The second-order valence-electron chi connectivity index (χ2n) is 4.60. The van der Waals surface area contributed by atoms with E-state index < -0.39 is 0 Å². The van der Waals surface area contributed by atoms with Crippen molar-refractivity contribution < 1.29 is 4.79 Å². The fourth-order valence-electron chi connectivity index (χ4n) is 1.99. The Morgan fingerprint density at radius 3 is 2.50 bits per heavy atom. The van der Waals surface area contributed by atoms with Gasteiger partial charge in [0.25, 0.3) is 5.91 Å². The van der Waals surface area contributed by atoms with Crippen molar-refractivity contribution in [2.24, 2.45) is 0 Å². The predicted molar refractivity (Wildman–Crippen MR) is 88.5 cm³/mol. The van der Waals surface area contributed by atoms with Crippen molar-refractivity contribution in [3.63, 3.8) is 0 Å². The van der Waals surface area contributed by atoms with E-state index in [0.717, 1.165) is 20.5 Å². The minimum atomic E-state index is 0.0483. The van der Waals surface area contributed by atoms with Gasteiger partial charge in [0.2, 0.25) is 0 Å². The number of aryl methyl sites for hydroxylation is 1. The topological polar surface area (TPSA) is 33.2 Å². The molecule has 2 rings (SSSR count). The third-order valence-corrected chi connectivity index (χ3v) is 3.78. The molecule has 0 radical (unpaired) electrons. The molecular weight excluding hydrogens is 363 g/mol. The maximum atomic E-state index is 12.5. The van der Waals surface area contributed by atoms with Gasteiger partial charge in [-0.15, -0.1) is 0 Å². The van der Waals surface area contributed by atoms with Gasteiger partial charge in [-0.1, -0.05) is 6.07 Å². The second-order valence-corrected chi connectivity index (χ2v) is 5.84. The van der Waals surface area contributed by atoms with E-state index in [4.69, 9.17) is 0 Å². The van der Waals surface area contributed by atoms with Crippen molar-refractivity contribution in [3.8, 4) is 0 Å². The van der Waals surface area contributed by atoms with Crippen molar-refractivity contribution in [3.05, 3.63) is 63.0 Å². The standard InChI is InChI=1S/C16H17IN2O/c1-3-19(11-15-6-4-5-12(2)18-15)16(20)13-7-9-14(17)10-8-13/h4-10H,3,11H2,1-2H3. The number of nitrogens with zero attached hydrogens (tertiary/aromatic N) is 2. The summed E-state index contributed by atoms with van der Waals surface area (Å²) < 4.78 is 1.13. The number of rotatable bonds is 4. The number of halogens is 1. The number of aromatic nitrogens is 1. The van der Waals surface area contributed by atoms with Crippen LogP contribution in [0.1, 0.15) is 28.7 Å². The van der Waals surface area contributed by atoms with Crippen LogP contribution in [0.15, 0.2) is 42.5 Å². The molecule has 1 heterocycles. The summed E-state index contributed by atoms with van der Waals surface area (Å²) in [5.74, 6) is 0.0483. The maximum Gasteiger partial charge on any atom is 0.254 e. The molecule has 1 amide bonds. The summed E-state index contributed by atoms with van der Waals surface area (Å²) in [5, 5.41) is 0. The van der Waals surface area contributed by atoms with E-state index in [-0.39, 0.29) is 5.91 Å². The Morgan fingerprint density at radius 2 is 1.90 bits per heavy atom. The lowest BCUT2D eigenvalue weighted by Crippen LogP contribution is -2.30. The van der Waals surface area contributed by atoms with Crippen molar-refractivity contribution in [1.82, 2.24) is 9.88 Å². The van der Waals surface area contributed by atoms with Crippen LogP contribution in [0.2, 0.25) is 0 Å². The molecule has 3 nitrogen and oxygen atoms in total. The Labute approximate surface area is 133 Å². The summed E-state index contributed by atoms with van der Waals surface area (Å²) >= 11 is 2.23. The Morgan fingerprint density at radius 1 is 1.20 bits per heavy atom. The zero-order chi connectivity index (χ0) is 14.5. The van der Waals surface area contributed by atoms with E-state index in [1.807, 2.05) is 61.2 Å². The number of hydrogen-bond acceptors (Lipinski definition) is 2. The highest BCUT2D eigenvalue weighted by atomic mass is 127. The van der Waals surface area contributed by atoms with Crippen LogP contribution in [0.5, 0.6) is 0 Å². The molecule has 0 spiro atoms. The number of pyridine rings is 1. The summed E-state index contributed by atoms with van der Waals surface area (Å²) in [6.45, 7) is 5.16. The van der Waals surface area contributed by atoms with Gasteiger partial charge in [-0.3, -0.25) is 9.78 Å². The van der Waals surface area contributed by atoms with Crippen molar-refractivity contribution >= 4 is 28.5 Å². The van der Waals surface area contributed by atoms with Gasteiger partial charge in [-0.25, -0.2) is 0 Å². The number of carbonyl (C=O) groups is 1. The lowest BCUT2D eigenvalue weighted by Gasteiger charge is -2.20. The zero-order valence-electron chi connectivity index (χ0n) is 11.6. The number of carbonyl (C=O) groups excluding carboxylic acids is 1.